The maximum absolute atomic E-state index is 14.9. The molecular formula is C82H101Cl2N9O24S. The van der Waals surface area contributed by atoms with E-state index in [1.165, 1.54) is 36.0 Å². The molecule has 33 nitrogen and oxygen atoms in total. The van der Waals surface area contributed by atoms with Crippen LogP contribution in [0, 0.1) is 11.8 Å². The number of imide groups is 1. The summed E-state index contributed by atoms with van der Waals surface area (Å²) in [5, 5.41) is 52.6. The van der Waals surface area contributed by atoms with Crippen LogP contribution in [0.4, 0.5) is 31.4 Å². The Morgan fingerprint density at radius 3 is 1.65 bits per heavy atom. The van der Waals surface area contributed by atoms with Crippen LogP contribution in [-0.2, 0) is 68.5 Å². The number of Topliss-reactive ketones (excluding diaryl/α,β-unsaturated/α-hetero) is 1. The second-order valence-electron chi connectivity index (χ2n) is 28.8. The number of carbonyl (C=O) groups is 10. The van der Waals surface area contributed by atoms with E-state index in [4.69, 9.17) is 76.3 Å². The van der Waals surface area contributed by atoms with Gasteiger partial charge in [-0.15, -0.1) is 34.5 Å². The van der Waals surface area contributed by atoms with E-state index >= 15 is 0 Å². The van der Waals surface area contributed by atoms with Gasteiger partial charge in [-0.05, 0) is 70.5 Å². The summed E-state index contributed by atoms with van der Waals surface area (Å²) in [5.41, 5.74) is 8.67. The molecule has 0 aliphatic carbocycles. The van der Waals surface area contributed by atoms with Gasteiger partial charge in [0.15, 0.2) is 5.78 Å². The summed E-state index contributed by atoms with van der Waals surface area (Å²) in [6.45, 7) is 6.92. The summed E-state index contributed by atoms with van der Waals surface area (Å²) in [5.74, 6) is -4.09. The SMILES string of the molecule is CC(C)C(NC(=O)CCOCCOCCOCCOCCOCCOCCN1C(=O)C=CC1=O)C(=O)CC(CCCNC(N)=O)C(=O)Nc1ccc(COC(=O)N(C)CCN(C)C(=O)Oc2cc3c(c4ccccc24)C(CCl)CN3C(=O)c2ccc(C(=O)N3CC(CCl)c4c3cc(OC3OC(CO)C(O)C(O)C3O)c3ccccc43)s2)cc1. The summed E-state index contributed by atoms with van der Waals surface area (Å²) >= 11 is 14.3. The van der Waals surface area contributed by atoms with Crippen LogP contribution in [0.1, 0.15) is 87.4 Å². The Kier molecular flexibility index (Phi) is 34.3. The number of nitrogens with zero attached hydrogens (tertiary/aromatic N) is 5. The predicted molar refractivity (Wildman–Crippen MR) is 436 cm³/mol. The molecule has 5 heterocycles. The number of nitrogens with one attached hydrogen (secondary N) is 3. The first-order chi connectivity index (χ1) is 56.9. The van der Waals surface area contributed by atoms with Gasteiger partial charge in [0.2, 0.25) is 18.1 Å². The fourth-order valence-electron chi connectivity index (χ4n) is 13.9. The molecule has 0 spiro atoms. The molecule has 9 atom stereocenters. The highest BCUT2D eigenvalue weighted by Gasteiger charge is 2.46. The van der Waals surface area contributed by atoms with Crippen molar-refractivity contribution in [3.8, 4) is 11.5 Å². The first kappa shape index (κ1) is 90.8. The lowest BCUT2D eigenvalue weighted by Crippen LogP contribution is -2.60. The van der Waals surface area contributed by atoms with E-state index in [9.17, 15) is 68.4 Å². The van der Waals surface area contributed by atoms with Gasteiger partial charge in [0.05, 0.1) is 120 Å². The van der Waals surface area contributed by atoms with E-state index in [1.54, 1.807) is 96.4 Å². The van der Waals surface area contributed by atoms with Crippen molar-refractivity contribution in [1.29, 1.82) is 0 Å². The van der Waals surface area contributed by atoms with Crippen molar-refractivity contribution in [1.82, 2.24) is 25.3 Å². The lowest BCUT2D eigenvalue weighted by atomic mass is 9.89. The molecule has 4 aliphatic heterocycles. The third-order valence-electron chi connectivity index (χ3n) is 20.3. The average molecular weight is 1700 g/mol. The number of likely N-dealkylation sites (N-methyl/N-ethyl adjacent to an activating group) is 2. The Morgan fingerprint density at radius 1 is 0.636 bits per heavy atom. The monoisotopic (exact) mass is 1700 g/mol. The van der Waals surface area contributed by atoms with Gasteiger partial charge in [-0.1, -0.05) is 74.5 Å². The predicted octanol–water partition coefficient (Wildman–Crippen LogP) is 6.42. The number of amides is 10. The van der Waals surface area contributed by atoms with E-state index in [1.807, 2.05) is 24.3 Å². The van der Waals surface area contributed by atoms with Gasteiger partial charge in [0.1, 0.15) is 42.5 Å². The van der Waals surface area contributed by atoms with Crippen LogP contribution < -0.4 is 41.0 Å². The molecule has 36 heteroatoms. The van der Waals surface area contributed by atoms with Crippen LogP contribution in [-0.4, -0.2) is 282 Å². The molecule has 118 heavy (non-hydrogen) atoms. The Bertz CT molecular complexity index is 4500. The zero-order valence-corrected chi connectivity index (χ0v) is 68.3. The Hall–Kier alpha value is -9.50. The molecule has 5 aromatic carbocycles. The zero-order chi connectivity index (χ0) is 84.5. The fraction of sp³-hybridized carbons (Fsp3) is 0.488. The lowest BCUT2D eigenvalue weighted by Gasteiger charge is -2.39. The maximum atomic E-state index is 14.9. The Morgan fingerprint density at radius 2 is 1.14 bits per heavy atom. The minimum absolute atomic E-state index is 0.00802. The van der Waals surface area contributed by atoms with Crippen molar-refractivity contribution < 1.29 is 116 Å². The van der Waals surface area contributed by atoms with Crippen LogP contribution in [0.2, 0.25) is 0 Å². The standard InChI is InChI=1S/C82H101Cl2N9O24S/c1-49(2)72(88-67(96)23-28-108-30-32-110-34-36-112-38-39-113-37-35-111-33-31-109-29-27-91-68(97)21-22-69(91)98)61(95)40-51(10-9-24-86-80(85)105)76(102)87-54-17-15-50(16-18-54)48-114-81(106)89(3)25-26-90(4)82(107)117-63-42-60-71(58-14-8-6-12-56(58)63)53(44-84)46-93(60)78(104)66-20-19-65(118-66)77(103)92-45-52(43-83)70-57-13-7-5-11-55(57)62(41-59(70)92)115-79-75(101)74(100)73(99)64(47-94)116-79/h5-8,11-22,41-42,49,51-53,64,72-75,79,94,99-101H,9-10,23-40,43-48H2,1-4H3,(H,87,102)(H,88,96)(H3,85,86,105). The summed E-state index contributed by atoms with van der Waals surface area (Å²) < 4.78 is 56.6. The molecule has 1 fully saturated rings. The van der Waals surface area contributed by atoms with E-state index in [2.05, 4.69) is 16.0 Å². The van der Waals surface area contributed by atoms with Gasteiger partial charge >= 0.3 is 18.2 Å². The first-order valence-corrected chi connectivity index (χ1v) is 40.8. The molecule has 0 radical (unpaired) electrons. The van der Waals surface area contributed by atoms with E-state index in [0.29, 0.717) is 103 Å². The number of halogens is 2. The number of rotatable bonds is 45. The van der Waals surface area contributed by atoms with Crippen molar-refractivity contribution in [2.75, 3.05) is 166 Å². The molecule has 1 saturated heterocycles. The summed E-state index contributed by atoms with van der Waals surface area (Å²) in [6, 6.07) is 25.7. The quantitative estimate of drug-likeness (QED) is 0.0116. The van der Waals surface area contributed by atoms with Gasteiger partial charge in [0, 0.05) is 130 Å². The lowest BCUT2D eigenvalue weighted by molar-refractivity contribution is -0.277. The molecule has 638 valence electrons. The minimum Gasteiger partial charge on any atom is -0.461 e. The number of hydrogen-bond donors (Lipinski definition) is 8. The largest absolute Gasteiger partial charge is 0.461 e. The molecule has 1 aromatic heterocycles. The Labute approximate surface area is 695 Å². The van der Waals surface area contributed by atoms with Gasteiger partial charge in [-0.3, -0.25) is 38.5 Å². The number of primary amides is 1. The normalized spacial score (nSPS) is 18.7. The number of ether oxygens (including phenoxy) is 10. The number of urea groups is 1. The van der Waals surface area contributed by atoms with E-state index in [0.717, 1.165) is 27.4 Å². The highest BCUT2D eigenvalue weighted by Crippen LogP contribution is 2.49. The minimum atomic E-state index is -1.70. The first-order valence-electron chi connectivity index (χ1n) is 38.9. The number of anilines is 3. The van der Waals surface area contributed by atoms with Crippen LogP contribution >= 0.6 is 34.5 Å². The Balaban J connectivity index is 0.652. The summed E-state index contributed by atoms with van der Waals surface area (Å²) in [6.07, 6.45) is -6.55. The van der Waals surface area contributed by atoms with Crippen molar-refractivity contribution >= 4 is 133 Å². The second-order valence-corrected chi connectivity index (χ2v) is 30.5. The van der Waals surface area contributed by atoms with Crippen LogP contribution in [0.15, 0.2) is 109 Å². The summed E-state index contributed by atoms with van der Waals surface area (Å²) in [7, 11) is 3.01. The molecule has 9 unspecified atom stereocenters. The topological polar surface area (TPSA) is 422 Å². The molecule has 0 saturated carbocycles. The third-order valence-corrected chi connectivity index (χ3v) is 22.1. The maximum Gasteiger partial charge on any atom is 0.415 e. The molecule has 10 amide bonds. The summed E-state index contributed by atoms with van der Waals surface area (Å²) in [4.78, 5) is 140. The van der Waals surface area contributed by atoms with Crippen LogP contribution in [0.3, 0.4) is 0 Å². The number of benzene rings is 5. The highest BCUT2D eigenvalue weighted by molar-refractivity contribution is 7.16. The van der Waals surface area contributed by atoms with E-state index < -0.39 is 91.1 Å². The molecule has 4 aliphatic rings. The smallest absolute Gasteiger partial charge is 0.415 e. The molecular weight excluding hydrogens is 1600 g/mol. The van der Waals surface area contributed by atoms with Gasteiger partial charge in [0.25, 0.3) is 23.6 Å². The zero-order valence-electron chi connectivity index (χ0n) is 66.0. The number of alkyl halides is 2. The number of aliphatic hydroxyl groups is 4. The number of carbonyl (C=O) groups excluding carboxylic acids is 10. The molecule has 10 rings (SSSR count). The number of fused-ring (bicyclic) bond motifs is 6. The fourth-order valence-corrected chi connectivity index (χ4v) is 15.3. The number of nitrogens with two attached hydrogens (primary N) is 1. The van der Waals surface area contributed by atoms with Gasteiger partial charge in [-0.2, -0.15) is 0 Å². The average Bonchev–Trinajstić information content (AvgIpc) is 1.58. The van der Waals surface area contributed by atoms with Crippen molar-refractivity contribution in [3.05, 3.63) is 136 Å². The number of aliphatic hydroxyl groups excluding tert-OH is 4. The molecule has 0 bridgehead atoms. The van der Waals surface area contributed by atoms with Crippen LogP contribution in [0.5, 0.6) is 11.5 Å². The van der Waals surface area contributed by atoms with Crippen molar-refractivity contribution in [2.24, 2.45) is 17.6 Å². The number of hydrogen-bond acceptors (Lipinski definition) is 25. The number of thiophene rings is 1. The molecule has 9 N–H and O–H groups in total. The van der Waals surface area contributed by atoms with E-state index in [-0.39, 0.29) is 160 Å². The molecule has 6 aromatic rings. The van der Waals surface area contributed by atoms with Crippen molar-refractivity contribution in [2.45, 2.75) is 94.7 Å². The van der Waals surface area contributed by atoms with Crippen molar-refractivity contribution in [3.63, 3.8) is 0 Å². The van der Waals surface area contributed by atoms with Gasteiger partial charge < -0.3 is 109 Å². The third kappa shape index (κ3) is 23.9. The highest BCUT2D eigenvalue weighted by atomic mass is 35.5. The second kappa shape index (κ2) is 44.5. The van der Waals surface area contributed by atoms with Gasteiger partial charge in [-0.25, -0.2) is 14.4 Å². The number of ketones is 1. The van der Waals surface area contributed by atoms with Crippen LogP contribution in [0.25, 0.3) is 21.5 Å².